The number of carboxylic acids is 1. The molecular formula is C14H14F3NO3. The van der Waals surface area contributed by atoms with E-state index in [9.17, 15) is 22.8 Å². The lowest BCUT2D eigenvalue weighted by Gasteiger charge is -2.38. The van der Waals surface area contributed by atoms with Crippen LogP contribution < -0.4 is 5.32 Å². The first-order valence-electron chi connectivity index (χ1n) is 6.43. The molecular weight excluding hydrogens is 287 g/mol. The Morgan fingerprint density at radius 2 is 1.95 bits per heavy atom. The minimum atomic E-state index is -4.47. The number of carbonyl (C=O) groups is 2. The fourth-order valence-corrected chi connectivity index (χ4v) is 2.28. The van der Waals surface area contributed by atoms with E-state index in [1.807, 2.05) is 0 Å². The maximum absolute atomic E-state index is 12.6. The molecule has 0 atom stereocenters. The molecule has 2 rings (SSSR count). The first kappa shape index (κ1) is 15.3. The summed E-state index contributed by atoms with van der Waals surface area (Å²) in [5.74, 6) is -1.69. The highest BCUT2D eigenvalue weighted by atomic mass is 19.4. The Balaban J connectivity index is 2.05. The van der Waals surface area contributed by atoms with Crippen LogP contribution in [0.1, 0.15) is 30.4 Å². The molecule has 0 radical (unpaired) electrons. The molecule has 0 spiro atoms. The zero-order chi connectivity index (χ0) is 15.7. The van der Waals surface area contributed by atoms with E-state index in [0.29, 0.717) is 19.3 Å². The van der Waals surface area contributed by atoms with Gasteiger partial charge in [0.25, 0.3) is 0 Å². The van der Waals surface area contributed by atoms with E-state index < -0.39 is 29.2 Å². The van der Waals surface area contributed by atoms with Crippen LogP contribution in [0.3, 0.4) is 0 Å². The van der Waals surface area contributed by atoms with Crippen LogP contribution in [0, 0.1) is 0 Å². The number of benzene rings is 1. The summed E-state index contributed by atoms with van der Waals surface area (Å²) in [6.07, 6.45) is -3.36. The lowest BCUT2D eigenvalue weighted by atomic mass is 9.76. The Kier molecular flexibility index (Phi) is 3.93. The first-order chi connectivity index (χ1) is 9.73. The van der Waals surface area contributed by atoms with Gasteiger partial charge in [-0.25, -0.2) is 4.79 Å². The maximum Gasteiger partial charge on any atom is 0.416 e. The molecule has 0 bridgehead atoms. The summed E-state index contributed by atoms with van der Waals surface area (Å²) in [4.78, 5) is 22.9. The van der Waals surface area contributed by atoms with Crippen LogP contribution in [0.5, 0.6) is 0 Å². The van der Waals surface area contributed by atoms with E-state index in [1.54, 1.807) is 0 Å². The lowest BCUT2D eigenvalue weighted by Crippen LogP contribution is -2.59. The number of hydrogen-bond acceptors (Lipinski definition) is 2. The van der Waals surface area contributed by atoms with Crippen LogP contribution >= 0.6 is 0 Å². The van der Waals surface area contributed by atoms with Crippen molar-refractivity contribution in [3.05, 3.63) is 35.4 Å². The fourth-order valence-electron chi connectivity index (χ4n) is 2.28. The standard InChI is InChI=1S/C14H14F3NO3/c15-14(16,17)10-4-1-3-9(7-10)8-11(19)18-13(12(20)21)5-2-6-13/h1,3-4,7H,2,5-6,8H2,(H,18,19)(H,20,21). The van der Waals surface area contributed by atoms with Crippen molar-refractivity contribution in [3.63, 3.8) is 0 Å². The second-order valence-corrected chi connectivity index (χ2v) is 5.16. The summed E-state index contributed by atoms with van der Waals surface area (Å²) < 4.78 is 37.7. The summed E-state index contributed by atoms with van der Waals surface area (Å²) in [5, 5.41) is 11.5. The predicted molar refractivity (Wildman–Crippen MR) is 67.5 cm³/mol. The molecule has 1 aliphatic rings. The summed E-state index contributed by atoms with van der Waals surface area (Å²) in [5.41, 5.74) is -1.88. The highest BCUT2D eigenvalue weighted by Gasteiger charge is 2.45. The van der Waals surface area contributed by atoms with Crippen LogP contribution in [0.4, 0.5) is 13.2 Å². The molecule has 0 saturated heterocycles. The summed E-state index contributed by atoms with van der Waals surface area (Å²) in [6, 6.07) is 4.45. The van der Waals surface area contributed by atoms with Gasteiger partial charge in [0.2, 0.25) is 5.91 Å². The topological polar surface area (TPSA) is 66.4 Å². The summed E-state index contributed by atoms with van der Waals surface area (Å²) in [7, 11) is 0. The van der Waals surface area contributed by atoms with E-state index in [4.69, 9.17) is 5.11 Å². The van der Waals surface area contributed by atoms with Crippen molar-refractivity contribution >= 4 is 11.9 Å². The molecule has 4 nitrogen and oxygen atoms in total. The number of rotatable bonds is 4. The molecule has 21 heavy (non-hydrogen) atoms. The smallest absolute Gasteiger partial charge is 0.416 e. The zero-order valence-corrected chi connectivity index (χ0v) is 11.0. The number of nitrogens with one attached hydrogen (secondary N) is 1. The molecule has 0 aliphatic heterocycles. The van der Waals surface area contributed by atoms with Gasteiger partial charge in [0.15, 0.2) is 0 Å². The highest BCUT2D eigenvalue weighted by molar-refractivity contribution is 5.88. The molecule has 1 saturated carbocycles. The van der Waals surface area contributed by atoms with Crippen molar-refractivity contribution in [1.29, 1.82) is 0 Å². The quantitative estimate of drug-likeness (QED) is 0.897. The van der Waals surface area contributed by atoms with E-state index in [0.717, 1.165) is 12.1 Å². The van der Waals surface area contributed by atoms with Crippen LogP contribution in [0.25, 0.3) is 0 Å². The van der Waals surface area contributed by atoms with E-state index in [1.165, 1.54) is 12.1 Å². The summed E-state index contributed by atoms with van der Waals surface area (Å²) in [6.45, 7) is 0. The zero-order valence-electron chi connectivity index (χ0n) is 11.0. The molecule has 1 fully saturated rings. The third kappa shape index (κ3) is 3.34. The van der Waals surface area contributed by atoms with Crippen molar-refractivity contribution in [2.24, 2.45) is 0 Å². The molecule has 1 amide bonds. The Morgan fingerprint density at radius 1 is 1.29 bits per heavy atom. The number of aliphatic carboxylic acids is 1. The molecule has 114 valence electrons. The largest absolute Gasteiger partial charge is 0.480 e. The van der Waals surface area contributed by atoms with E-state index >= 15 is 0 Å². The van der Waals surface area contributed by atoms with Gasteiger partial charge in [0.05, 0.1) is 12.0 Å². The van der Waals surface area contributed by atoms with Crippen molar-refractivity contribution < 1.29 is 27.9 Å². The molecule has 1 aromatic carbocycles. The number of alkyl halides is 3. The second-order valence-electron chi connectivity index (χ2n) is 5.16. The van der Waals surface area contributed by atoms with Gasteiger partial charge in [0.1, 0.15) is 5.54 Å². The first-order valence-corrected chi connectivity index (χ1v) is 6.43. The molecule has 0 heterocycles. The lowest BCUT2D eigenvalue weighted by molar-refractivity contribution is -0.151. The van der Waals surface area contributed by atoms with Crippen molar-refractivity contribution in [3.8, 4) is 0 Å². The maximum atomic E-state index is 12.6. The number of hydrogen-bond donors (Lipinski definition) is 2. The van der Waals surface area contributed by atoms with Gasteiger partial charge in [0, 0.05) is 0 Å². The fraction of sp³-hybridized carbons (Fsp3) is 0.429. The van der Waals surface area contributed by atoms with Gasteiger partial charge in [-0.3, -0.25) is 4.79 Å². The van der Waals surface area contributed by atoms with Gasteiger partial charge in [-0.1, -0.05) is 18.2 Å². The van der Waals surface area contributed by atoms with Crippen molar-refractivity contribution in [2.75, 3.05) is 0 Å². The third-order valence-electron chi connectivity index (χ3n) is 3.61. The van der Waals surface area contributed by atoms with Gasteiger partial charge in [-0.2, -0.15) is 13.2 Å². The average molecular weight is 301 g/mol. The van der Waals surface area contributed by atoms with E-state index in [2.05, 4.69) is 5.32 Å². The molecule has 1 aliphatic carbocycles. The summed E-state index contributed by atoms with van der Waals surface area (Å²) >= 11 is 0. The van der Waals surface area contributed by atoms with E-state index in [-0.39, 0.29) is 12.0 Å². The molecule has 0 aromatic heterocycles. The molecule has 0 unspecified atom stereocenters. The van der Waals surface area contributed by atoms with Gasteiger partial charge < -0.3 is 10.4 Å². The molecule has 2 N–H and O–H groups in total. The third-order valence-corrected chi connectivity index (χ3v) is 3.61. The second kappa shape index (κ2) is 5.38. The minimum absolute atomic E-state index is 0.196. The Morgan fingerprint density at radius 3 is 2.43 bits per heavy atom. The van der Waals surface area contributed by atoms with Crippen LogP contribution in [0.2, 0.25) is 0 Å². The Bertz CT molecular complexity index is 565. The number of amides is 1. The monoisotopic (exact) mass is 301 g/mol. The number of carbonyl (C=O) groups excluding carboxylic acids is 1. The normalized spacial score (nSPS) is 16.9. The number of halogens is 3. The Hall–Kier alpha value is -2.05. The molecule has 1 aromatic rings. The SMILES string of the molecule is O=C(Cc1cccc(C(F)(F)F)c1)NC1(C(=O)O)CCC1. The highest BCUT2D eigenvalue weighted by Crippen LogP contribution is 2.32. The number of carboxylic acid groups (broad SMARTS) is 1. The average Bonchev–Trinajstić information content (AvgIpc) is 2.32. The molecule has 7 heteroatoms. The van der Waals surface area contributed by atoms with Gasteiger partial charge in [-0.05, 0) is 30.9 Å². The predicted octanol–water partition coefficient (Wildman–Crippen LogP) is 2.37. The van der Waals surface area contributed by atoms with Crippen LogP contribution in [-0.4, -0.2) is 22.5 Å². The van der Waals surface area contributed by atoms with Crippen LogP contribution in [0.15, 0.2) is 24.3 Å². The van der Waals surface area contributed by atoms with Gasteiger partial charge in [-0.15, -0.1) is 0 Å². The van der Waals surface area contributed by atoms with Crippen molar-refractivity contribution in [1.82, 2.24) is 5.32 Å². The minimum Gasteiger partial charge on any atom is -0.480 e. The van der Waals surface area contributed by atoms with Gasteiger partial charge >= 0.3 is 12.1 Å². The Labute approximate surface area is 119 Å². The van der Waals surface area contributed by atoms with Crippen molar-refractivity contribution in [2.45, 2.75) is 37.4 Å². The van der Waals surface area contributed by atoms with Crippen LogP contribution in [-0.2, 0) is 22.2 Å².